The summed E-state index contributed by atoms with van der Waals surface area (Å²) in [6, 6.07) is 4.00. The standard InChI is InChI=1S/C17H26N2O2/c1-4-5-14-10-13(17(20)21)11-16(18-14)19(15-6-7-15)9-8-12(2)3/h10-12,15H,4-9H2,1-3H3,(H,20,21). The highest BCUT2D eigenvalue weighted by atomic mass is 16.4. The van der Waals surface area contributed by atoms with Crippen molar-refractivity contribution in [2.75, 3.05) is 11.4 Å². The summed E-state index contributed by atoms with van der Waals surface area (Å²) in [5.74, 6) is 0.626. The van der Waals surface area contributed by atoms with Crippen LogP contribution in [0, 0.1) is 5.92 Å². The molecule has 4 heteroatoms. The Kier molecular flexibility index (Phi) is 5.21. The lowest BCUT2D eigenvalue weighted by molar-refractivity contribution is 0.0696. The van der Waals surface area contributed by atoms with E-state index in [4.69, 9.17) is 4.98 Å². The predicted octanol–water partition coefficient (Wildman–Crippen LogP) is 3.75. The zero-order valence-corrected chi connectivity index (χ0v) is 13.3. The monoisotopic (exact) mass is 290 g/mol. The van der Waals surface area contributed by atoms with Gasteiger partial charge in [0.15, 0.2) is 0 Å². The lowest BCUT2D eigenvalue weighted by Crippen LogP contribution is -2.29. The number of hydrogen-bond donors (Lipinski definition) is 1. The van der Waals surface area contributed by atoms with E-state index in [0.29, 0.717) is 17.5 Å². The molecule has 21 heavy (non-hydrogen) atoms. The zero-order chi connectivity index (χ0) is 15.4. The van der Waals surface area contributed by atoms with Crippen LogP contribution >= 0.6 is 0 Å². The summed E-state index contributed by atoms with van der Waals surface area (Å²) in [4.78, 5) is 18.4. The molecule has 1 saturated carbocycles. The minimum Gasteiger partial charge on any atom is -0.478 e. The lowest BCUT2D eigenvalue weighted by atomic mass is 10.1. The molecule has 1 N–H and O–H groups in total. The highest BCUT2D eigenvalue weighted by Gasteiger charge is 2.30. The summed E-state index contributed by atoms with van der Waals surface area (Å²) in [7, 11) is 0. The quantitative estimate of drug-likeness (QED) is 0.792. The van der Waals surface area contributed by atoms with Crippen LogP contribution in [0.3, 0.4) is 0 Å². The van der Waals surface area contributed by atoms with Crippen molar-refractivity contribution in [2.45, 2.75) is 58.9 Å². The minimum atomic E-state index is -0.865. The summed E-state index contributed by atoms with van der Waals surface area (Å²) < 4.78 is 0. The molecule has 0 spiro atoms. The number of rotatable bonds is 8. The van der Waals surface area contributed by atoms with Crippen molar-refractivity contribution in [3.8, 4) is 0 Å². The number of aromatic carboxylic acids is 1. The van der Waals surface area contributed by atoms with Gasteiger partial charge in [0.05, 0.1) is 5.56 Å². The van der Waals surface area contributed by atoms with Crippen LogP contribution in [-0.4, -0.2) is 28.6 Å². The van der Waals surface area contributed by atoms with Crippen LogP contribution in [0.15, 0.2) is 12.1 Å². The van der Waals surface area contributed by atoms with E-state index < -0.39 is 5.97 Å². The first-order valence-corrected chi connectivity index (χ1v) is 8.02. The summed E-state index contributed by atoms with van der Waals surface area (Å²) in [5.41, 5.74) is 1.25. The van der Waals surface area contributed by atoms with E-state index in [1.165, 1.54) is 12.8 Å². The van der Waals surface area contributed by atoms with Crippen LogP contribution in [0.2, 0.25) is 0 Å². The van der Waals surface area contributed by atoms with Crippen molar-refractivity contribution in [3.05, 3.63) is 23.4 Å². The Morgan fingerprint density at radius 1 is 1.43 bits per heavy atom. The Bertz CT molecular complexity index is 496. The average molecular weight is 290 g/mol. The van der Waals surface area contributed by atoms with E-state index >= 15 is 0 Å². The number of aromatic nitrogens is 1. The van der Waals surface area contributed by atoms with E-state index in [0.717, 1.165) is 37.3 Å². The molecule has 0 radical (unpaired) electrons. The second kappa shape index (κ2) is 6.92. The van der Waals surface area contributed by atoms with Crippen molar-refractivity contribution < 1.29 is 9.90 Å². The van der Waals surface area contributed by atoms with Gasteiger partial charge in [0, 0.05) is 18.3 Å². The SMILES string of the molecule is CCCc1cc(C(=O)O)cc(N(CCC(C)C)C2CC2)n1. The van der Waals surface area contributed by atoms with Gasteiger partial charge in [-0.2, -0.15) is 0 Å². The molecule has 1 heterocycles. The van der Waals surface area contributed by atoms with E-state index in [1.807, 2.05) is 0 Å². The molecular weight excluding hydrogens is 264 g/mol. The molecule has 1 aromatic heterocycles. The van der Waals surface area contributed by atoms with Gasteiger partial charge in [-0.1, -0.05) is 27.2 Å². The van der Waals surface area contributed by atoms with Crippen LogP contribution in [0.5, 0.6) is 0 Å². The second-order valence-electron chi connectivity index (χ2n) is 6.37. The van der Waals surface area contributed by atoms with Gasteiger partial charge >= 0.3 is 5.97 Å². The van der Waals surface area contributed by atoms with E-state index in [9.17, 15) is 9.90 Å². The Hall–Kier alpha value is -1.58. The van der Waals surface area contributed by atoms with E-state index in [2.05, 4.69) is 25.7 Å². The van der Waals surface area contributed by atoms with Gasteiger partial charge in [-0.25, -0.2) is 9.78 Å². The smallest absolute Gasteiger partial charge is 0.335 e. The first-order valence-electron chi connectivity index (χ1n) is 8.02. The van der Waals surface area contributed by atoms with Gasteiger partial charge < -0.3 is 10.0 Å². The average Bonchev–Trinajstić information content (AvgIpc) is 3.23. The molecule has 2 rings (SSSR count). The predicted molar refractivity (Wildman–Crippen MR) is 85.0 cm³/mol. The maximum Gasteiger partial charge on any atom is 0.335 e. The van der Waals surface area contributed by atoms with Crippen molar-refractivity contribution in [2.24, 2.45) is 5.92 Å². The van der Waals surface area contributed by atoms with Crippen LogP contribution in [-0.2, 0) is 6.42 Å². The zero-order valence-electron chi connectivity index (χ0n) is 13.3. The maximum absolute atomic E-state index is 11.3. The van der Waals surface area contributed by atoms with Gasteiger partial charge in [0.2, 0.25) is 0 Å². The number of hydrogen-bond acceptors (Lipinski definition) is 3. The number of carboxylic acids is 1. The number of pyridine rings is 1. The Balaban J connectivity index is 2.27. The van der Waals surface area contributed by atoms with Gasteiger partial charge in [-0.15, -0.1) is 0 Å². The van der Waals surface area contributed by atoms with Crippen LogP contribution in [0.25, 0.3) is 0 Å². The van der Waals surface area contributed by atoms with Crippen molar-refractivity contribution in [1.82, 2.24) is 4.98 Å². The Morgan fingerprint density at radius 2 is 2.14 bits per heavy atom. The largest absolute Gasteiger partial charge is 0.478 e. The number of nitrogens with zero attached hydrogens (tertiary/aromatic N) is 2. The molecule has 116 valence electrons. The van der Waals surface area contributed by atoms with Crippen molar-refractivity contribution in [1.29, 1.82) is 0 Å². The normalized spacial score (nSPS) is 14.5. The first-order chi connectivity index (χ1) is 10.0. The maximum atomic E-state index is 11.3. The van der Waals surface area contributed by atoms with E-state index in [1.54, 1.807) is 12.1 Å². The van der Waals surface area contributed by atoms with Gasteiger partial charge in [-0.05, 0) is 43.7 Å². The Morgan fingerprint density at radius 3 is 2.67 bits per heavy atom. The molecule has 1 fully saturated rings. The van der Waals surface area contributed by atoms with Crippen LogP contribution < -0.4 is 4.90 Å². The topological polar surface area (TPSA) is 53.4 Å². The highest BCUT2D eigenvalue weighted by molar-refractivity contribution is 5.88. The minimum absolute atomic E-state index is 0.360. The molecule has 1 aliphatic carbocycles. The van der Waals surface area contributed by atoms with Crippen molar-refractivity contribution >= 4 is 11.8 Å². The van der Waals surface area contributed by atoms with Crippen LogP contribution in [0.1, 0.15) is 62.5 Å². The third-order valence-corrected chi connectivity index (χ3v) is 3.85. The van der Waals surface area contributed by atoms with Crippen LogP contribution in [0.4, 0.5) is 5.82 Å². The summed E-state index contributed by atoms with van der Waals surface area (Å²) in [6.07, 6.45) is 5.31. The summed E-state index contributed by atoms with van der Waals surface area (Å²) in [6.45, 7) is 7.49. The fourth-order valence-electron chi connectivity index (χ4n) is 2.49. The number of carboxylic acid groups (broad SMARTS) is 1. The highest BCUT2D eigenvalue weighted by Crippen LogP contribution is 2.32. The lowest BCUT2D eigenvalue weighted by Gasteiger charge is -2.25. The number of anilines is 1. The molecule has 0 saturated heterocycles. The van der Waals surface area contributed by atoms with E-state index in [-0.39, 0.29) is 0 Å². The molecule has 0 atom stereocenters. The first kappa shape index (κ1) is 15.8. The third kappa shape index (κ3) is 4.45. The summed E-state index contributed by atoms with van der Waals surface area (Å²) in [5, 5.41) is 9.31. The van der Waals surface area contributed by atoms with Crippen molar-refractivity contribution in [3.63, 3.8) is 0 Å². The fraction of sp³-hybridized carbons (Fsp3) is 0.647. The van der Waals surface area contributed by atoms with Gasteiger partial charge in [0.1, 0.15) is 5.82 Å². The molecule has 0 unspecified atom stereocenters. The molecule has 1 aromatic rings. The summed E-state index contributed by atoms with van der Waals surface area (Å²) >= 11 is 0. The molecule has 1 aliphatic rings. The fourth-order valence-corrected chi connectivity index (χ4v) is 2.49. The number of carbonyl (C=O) groups is 1. The van der Waals surface area contributed by atoms with Gasteiger partial charge in [0.25, 0.3) is 0 Å². The molecule has 0 amide bonds. The molecule has 0 aromatic carbocycles. The molecular formula is C17H26N2O2. The Labute approximate surface area is 127 Å². The molecule has 4 nitrogen and oxygen atoms in total. The molecule has 0 bridgehead atoms. The second-order valence-corrected chi connectivity index (χ2v) is 6.37. The molecule has 0 aliphatic heterocycles. The third-order valence-electron chi connectivity index (χ3n) is 3.85. The van der Waals surface area contributed by atoms with Gasteiger partial charge in [-0.3, -0.25) is 0 Å². The number of aryl methyl sites for hydroxylation is 1.